The summed E-state index contributed by atoms with van der Waals surface area (Å²) in [7, 11) is 0. The molecule has 0 unspecified atom stereocenters. The molecule has 0 N–H and O–H groups in total. The fourth-order valence-electron chi connectivity index (χ4n) is 2.04. The van der Waals surface area contributed by atoms with Gasteiger partial charge in [-0.2, -0.15) is 5.10 Å². The van der Waals surface area contributed by atoms with Crippen molar-refractivity contribution in [1.29, 1.82) is 0 Å². The van der Waals surface area contributed by atoms with Crippen LogP contribution in [0.1, 0.15) is 36.5 Å². The number of amides is 1. The number of rotatable bonds is 2. The number of carbonyl (C=O) groups excluding carboxylic acids is 1. The van der Waals surface area contributed by atoms with E-state index in [1.54, 1.807) is 5.01 Å². The number of benzene rings is 1. The van der Waals surface area contributed by atoms with Crippen LogP contribution in [0, 0.1) is 13.8 Å². The van der Waals surface area contributed by atoms with Crippen molar-refractivity contribution < 1.29 is 4.79 Å². The van der Waals surface area contributed by atoms with E-state index in [9.17, 15) is 4.79 Å². The van der Waals surface area contributed by atoms with Gasteiger partial charge in [0.2, 0.25) is 5.91 Å². The first-order chi connectivity index (χ1) is 8.06. The molecule has 1 aromatic rings. The summed E-state index contributed by atoms with van der Waals surface area (Å²) in [5, 5.41) is 5.92. The second-order valence-corrected chi connectivity index (χ2v) is 4.72. The highest BCUT2D eigenvalue weighted by molar-refractivity contribution is 5.91. The number of aryl methyl sites for hydroxylation is 2. The van der Waals surface area contributed by atoms with E-state index < -0.39 is 0 Å². The van der Waals surface area contributed by atoms with Crippen molar-refractivity contribution >= 4 is 11.6 Å². The van der Waals surface area contributed by atoms with Crippen molar-refractivity contribution in [3.05, 3.63) is 34.9 Å². The molecule has 3 nitrogen and oxygen atoms in total. The molecule has 2 rings (SSSR count). The highest BCUT2D eigenvalue weighted by Gasteiger charge is 2.18. The van der Waals surface area contributed by atoms with Crippen LogP contribution < -0.4 is 0 Å². The van der Waals surface area contributed by atoms with E-state index in [2.05, 4.69) is 37.1 Å². The van der Waals surface area contributed by atoms with Gasteiger partial charge < -0.3 is 0 Å². The zero-order chi connectivity index (χ0) is 12.4. The summed E-state index contributed by atoms with van der Waals surface area (Å²) in [5.41, 5.74) is 4.67. The molecule has 0 saturated heterocycles. The molecule has 1 aliphatic heterocycles. The van der Waals surface area contributed by atoms with Gasteiger partial charge in [0.25, 0.3) is 0 Å². The van der Waals surface area contributed by atoms with Crippen LogP contribution in [0.25, 0.3) is 0 Å². The van der Waals surface area contributed by atoms with Crippen molar-refractivity contribution in [2.24, 2.45) is 5.10 Å². The van der Waals surface area contributed by atoms with Gasteiger partial charge in [0.05, 0.1) is 6.54 Å². The molecule has 0 aromatic heterocycles. The normalized spacial score (nSPS) is 16.1. The van der Waals surface area contributed by atoms with Crippen LogP contribution in [0.5, 0.6) is 0 Å². The number of carbonyl (C=O) groups is 1. The second-order valence-electron chi connectivity index (χ2n) is 4.72. The zero-order valence-electron chi connectivity index (χ0n) is 10.7. The lowest BCUT2D eigenvalue weighted by atomic mass is 10.1. The SMILES string of the molecule is CC1=NN(Cc2ccc(C)cc2C)C(=O)CC1. The predicted octanol–water partition coefficient (Wildman–Crippen LogP) is 2.80. The maximum atomic E-state index is 11.7. The van der Waals surface area contributed by atoms with Gasteiger partial charge in [0.15, 0.2) is 0 Å². The Hall–Kier alpha value is -1.64. The fourth-order valence-corrected chi connectivity index (χ4v) is 2.04. The highest BCUT2D eigenvalue weighted by Crippen LogP contribution is 2.17. The number of hydrazone groups is 1. The molecule has 1 heterocycles. The summed E-state index contributed by atoms with van der Waals surface area (Å²) in [5.74, 6) is 0.121. The first kappa shape index (κ1) is 11.8. The Kier molecular flexibility index (Phi) is 3.27. The topological polar surface area (TPSA) is 32.7 Å². The molecule has 90 valence electrons. The van der Waals surface area contributed by atoms with Crippen molar-refractivity contribution in [1.82, 2.24) is 5.01 Å². The van der Waals surface area contributed by atoms with Crippen LogP contribution in [0.15, 0.2) is 23.3 Å². The van der Waals surface area contributed by atoms with Crippen molar-refractivity contribution in [2.45, 2.75) is 40.2 Å². The lowest BCUT2D eigenvalue weighted by Crippen LogP contribution is -2.30. The van der Waals surface area contributed by atoms with Gasteiger partial charge in [0, 0.05) is 12.1 Å². The van der Waals surface area contributed by atoms with Crippen LogP contribution in [0.4, 0.5) is 0 Å². The molecule has 3 heteroatoms. The Morgan fingerprint density at radius 1 is 1.24 bits per heavy atom. The maximum Gasteiger partial charge on any atom is 0.243 e. The molecule has 0 radical (unpaired) electrons. The number of hydrogen-bond donors (Lipinski definition) is 0. The van der Waals surface area contributed by atoms with Gasteiger partial charge in [-0.05, 0) is 38.3 Å². The average Bonchev–Trinajstić information content (AvgIpc) is 2.27. The van der Waals surface area contributed by atoms with E-state index in [0.29, 0.717) is 13.0 Å². The van der Waals surface area contributed by atoms with Crippen molar-refractivity contribution in [3.8, 4) is 0 Å². The van der Waals surface area contributed by atoms with Gasteiger partial charge in [-0.3, -0.25) is 4.79 Å². The molecule has 0 spiro atoms. The van der Waals surface area contributed by atoms with E-state index >= 15 is 0 Å². The predicted molar refractivity (Wildman–Crippen MR) is 68.8 cm³/mol. The molecule has 0 saturated carbocycles. The highest BCUT2D eigenvalue weighted by atomic mass is 16.2. The van der Waals surface area contributed by atoms with E-state index in [1.807, 2.05) is 6.92 Å². The lowest BCUT2D eigenvalue weighted by Gasteiger charge is -2.23. The van der Waals surface area contributed by atoms with E-state index in [4.69, 9.17) is 0 Å². The van der Waals surface area contributed by atoms with Crippen LogP contribution in [0.3, 0.4) is 0 Å². The fraction of sp³-hybridized carbons (Fsp3) is 0.429. The minimum Gasteiger partial charge on any atom is -0.273 e. The summed E-state index contributed by atoms with van der Waals surface area (Å²) in [6, 6.07) is 6.30. The second kappa shape index (κ2) is 4.70. The number of nitrogens with zero attached hydrogens (tertiary/aromatic N) is 2. The third-order valence-corrected chi connectivity index (χ3v) is 3.10. The lowest BCUT2D eigenvalue weighted by molar-refractivity contribution is -0.132. The minimum absolute atomic E-state index is 0.121. The Labute approximate surface area is 102 Å². The number of hydrogen-bond acceptors (Lipinski definition) is 2. The van der Waals surface area contributed by atoms with Gasteiger partial charge in [0.1, 0.15) is 0 Å². The Bertz CT molecular complexity index is 477. The zero-order valence-corrected chi connectivity index (χ0v) is 10.7. The molecule has 17 heavy (non-hydrogen) atoms. The molecular weight excluding hydrogens is 212 g/mol. The summed E-state index contributed by atoms with van der Waals surface area (Å²) >= 11 is 0. The smallest absolute Gasteiger partial charge is 0.243 e. The quantitative estimate of drug-likeness (QED) is 0.769. The third kappa shape index (κ3) is 2.73. The monoisotopic (exact) mass is 230 g/mol. The summed E-state index contributed by atoms with van der Waals surface area (Å²) < 4.78 is 0. The summed E-state index contributed by atoms with van der Waals surface area (Å²) in [6.07, 6.45) is 1.38. The Morgan fingerprint density at radius 3 is 2.71 bits per heavy atom. The molecule has 1 aliphatic rings. The van der Waals surface area contributed by atoms with Crippen LogP contribution in [0.2, 0.25) is 0 Å². The van der Waals surface area contributed by atoms with Crippen LogP contribution >= 0.6 is 0 Å². The molecule has 0 atom stereocenters. The standard InChI is InChI=1S/C14H18N2O/c1-10-4-6-13(11(2)8-10)9-16-14(17)7-5-12(3)15-16/h4,6,8H,5,7,9H2,1-3H3. The molecule has 0 bridgehead atoms. The van der Waals surface area contributed by atoms with E-state index in [1.165, 1.54) is 16.7 Å². The van der Waals surface area contributed by atoms with E-state index in [0.717, 1.165) is 12.1 Å². The molecular formula is C14H18N2O. The molecule has 0 aliphatic carbocycles. The molecule has 1 aromatic carbocycles. The largest absolute Gasteiger partial charge is 0.273 e. The van der Waals surface area contributed by atoms with Gasteiger partial charge in [-0.1, -0.05) is 23.8 Å². The minimum atomic E-state index is 0.121. The van der Waals surface area contributed by atoms with E-state index in [-0.39, 0.29) is 5.91 Å². The Balaban J connectivity index is 2.20. The molecule has 0 fully saturated rings. The summed E-state index contributed by atoms with van der Waals surface area (Å²) in [6.45, 7) is 6.71. The third-order valence-electron chi connectivity index (χ3n) is 3.10. The van der Waals surface area contributed by atoms with Gasteiger partial charge in [-0.25, -0.2) is 5.01 Å². The Morgan fingerprint density at radius 2 is 2.00 bits per heavy atom. The maximum absolute atomic E-state index is 11.7. The summed E-state index contributed by atoms with van der Waals surface area (Å²) in [4.78, 5) is 11.7. The van der Waals surface area contributed by atoms with Crippen LogP contribution in [-0.2, 0) is 11.3 Å². The first-order valence-corrected chi connectivity index (χ1v) is 5.97. The first-order valence-electron chi connectivity index (χ1n) is 5.97. The van der Waals surface area contributed by atoms with Crippen LogP contribution in [-0.4, -0.2) is 16.6 Å². The van der Waals surface area contributed by atoms with Gasteiger partial charge >= 0.3 is 0 Å². The molecule has 1 amide bonds. The van der Waals surface area contributed by atoms with Crippen molar-refractivity contribution in [3.63, 3.8) is 0 Å². The van der Waals surface area contributed by atoms with Crippen molar-refractivity contribution in [2.75, 3.05) is 0 Å². The van der Waals surface area contributed by atoms with Gasteiger partial charge in [-0.15, -0.1) is 0 Å². The average molecular weight is 230 g/mol.